The molecule has 3 aromatic rings. The summed E-state index contributed by atoms with van der Waals surface area (Å²) in [6.07, 6.45) is 3.57. The Kier molecular flexibility index (Phi) is 2.53. The van der Waals surface area contributed by atoms with Crippen molar-refractivity contribution in [3.8, 4) is 11.5 Å². The van der Waals surface area contributed by atoms with Crippen LogP contribution in [-0.4, -0.2) is 19.9 Å². The number of aryl methyl sites for hydroxylation is 1. The van der Waals surface area contributed by atoms with E-state index in [9.17, 15) is 0 Å². The first-order valence-electron chi connectivity index (χ1n) is 5.74. The Hall–Kier alpha value is -2.27. The molecule has 5 nitrogen and oxygen atoms in total. The Labute approximate surface area is 104 Å². The van der Waals surface area contributed by atoms with Crippen molar-refractivity contribution >= 4 is 11.2 Å². The van der Waals surface area contributed by atoms with Crippen LogP contribution in [0.25, 0.3) is 22.7 Å². The lowest BCUT2D eigenvalue weighted by molar-refractivity contribution is 1.05. The molecular weight excluding hydrogens is 226 g/mol. The molecule has 18 heavy (non-hydrogen) atoms. The molecule has 0 aliphatic carbocycles. The maximum Gasteiger partial charge on any atom is 0.178 e. The van der Waals surface area contributed by atoms with Crippen molar-refractivity contribution in [1.29, 1.82) is 0 Å². The Bertz CT molecular complexity index is 684. The molecule has 0 saturated heterocycles. The van der Waals surface area contributed by atoms with E-state index in [-0.39, 0.29) is 0 Å². The maximum atomic E-state index is 5.54. The minimum Gasteiger partial charge on any atom is -0.335 e. The lowest BCUT2D eigenvalue weighted by Crippen LogP contribution is -1.97. The van der Waals surface area contributed by atoms with Crippen molar-refractivity contribution < 1.29 is 0 Å². The van der Waals surface area contributed by atoms with Crippen molar-refractivity contribution in [3.63, 3.8) is 0 Å². The number of hydrogen-bond donors (Lipinski definition) is 2. The lowest BCUT2D eigenvalue weighted by atomic mass is 10.2. The van der Waals surface area contributed by atoms with Gasteiger partial charge in [-0.1, -0.05) is 6.07 Å². The quantitative estimate of drug-likeness (QED) is 0.714. The molecule has 0 aromatic carbocycles. The predicted octanol–water partition coefficient (Wildman–Crippen LogP) is 1.79. The lowest BCUT2D eigenvalue weighted by Gasteiger charge is -1.97. The van der Waals surface area contributed by atoms with Gasteiger partial charge in [-0.25, -0.2) is 9.97 Å². The van der Waals surface area contributed by atoms with Gasteiger partial charge in [0.2, 0.25) is 0 Å². The van der Waals surface area contributed by atoms with Crippen LogP contribution in [0.2, 0.25) is 0 Å². The fraction of sp³-hybridized carbons (Fsp3) is 0.154. The number of imidazole rings is 1. The minimum atomic E-state index is 0.494. The summed E-state index contributed by atoms with van der Waals surface area (Å²) in [5.74, 6) is 0.728. The Balaban J connectivity index is 2.07. The van der Waals surface area contributed by atoms with Crippen molar-refractivity contribution in [3.05, 3.63) is 41.7 Å². The van der Waals surface area contributed by atoms with E-state index in [4.69, 9.17) is 5.73 Å². The number of aromatic nitrogens is 4. The summed E-state index contributed by atoms with van der Waals surface area (Å²) in [6.45, 7) is 2.50. The second kappa shape index (κ2) is 4.19. The third kappa shape index (κ3) is 1.84. The van der Waals surface area contributed by atoms with Gasteiger partial charge in [0.25, 0.3) is 0 Å². The van der Waals surface area contributed by atoms with Crippen LogP contribution >= 0.6 is 0 Å². The second-order valence-corrected chi connectivity index (χ2v) is 4.23. The SMILES string of the molecule is Cc1cnc2nc(-c3ccc(CN)cn3)[nH]c2c1. The average Bonchev–Trinajstić information content (AvgIpc) is 2.81. The van der Waals surface area contributed by atoms with Gasteiger partial charge in [0.1, 0.15) is 5.69 Å². The zero-order valence-electron chi connectivity index (χ0n) is 10.0. The smallest absolute Gasteiger partial charge is 0.178 e. The number of rotatable bonds is 2. The number of nitrogens with zero attached hydrogens (tertiary/aromatic N) is 3. The van der Waals surface area contributed by atoms with Crippen molar-refractivity contribution in [1.82, 2.24) is 19.9 Å². The molecule has 3 heterocycles. The highest BCUT2D eigenvalue weighted by molar-refractivity contribution is 5.75. The van der Waals surface area contributed by atoms with Gasteiger partial charge in [-0.3, -0.25) is 4.98 Å². The topological polar surface area (TPSA) is 80.5 Å². The van der Waals surface area contributed by atoms with Crippen LogP contribution in [-0.2, 0) is 6.54 Å². The summed E-state index contributed by atoms with van der Waals surface area (Å²) in [5.41, 5.74) is 10.1. The van der Waals surface area contributed by atoms with Gasteiger partial charge in [0.15, 0.2) is 11.5 Å². The van der Waals surface area contributed by atoms with Gasteiger partial charge in [0, 0.05) is 18.9 Å². The van der Waals surface area contributed by atoms with Gasteiger partial charge in [-0.15, -0.1) is 0 Å². The molecular formula is C13H13N5. The molecule has 0 bridgehead atoms. The van der Waals surface area contributed by atoms with Crippen LogP contribution in [0.5, 0.6) is 0 Å². The zero-order valence-corrected chi connectivity index (χ0v) is 10.0. The monoisotopic (exact) mass is 239 g/mol. The molecule has 0 amide bonds. The van der Waals surface area contributed by atoms with Crippen molar-refractivity contribution in [2.24, 2.45) is 5.73 Å². The molecule has 90 valence electrons. The van der Waals surface area contributed by atoms with E-state index in [0.29, 0.717) is 12.2 Å². The van der Waals surface area contributed by atoms with Gasteiger partial charge < -0.3 is 10.7 Å². The van der Waals surface area contributed by atoms with Gasteiger partial charge in [-0.2, -0.15) is 0 Å². The Morgan fingerprint density at radius 1 is 1.22 bits per heavy atom. The van der Waals surface area contributed by atoms with Crippen LogP contribution in [0.1, 0.15) is 11.1 Å². The van der Waals surface area contributed by atoms with Crippen molar-refractivity contribution in [2.75, 3.05) is 0 Å². The summed E-state index contributed by atoms with van der Waals surface area (Å²) >= 11 is 0. The summed E-state index contributed by atoms with van der Waals surface area (Å²) in [4.78, 5) is 16.2. The van der Waals surface area contributed by atoms with Crippen LogP contribution in [0.3, 0.4) is 0 Å². The highest BCUT2D eigenvalue weighted by atomic mass is 15.0. The average molecular weight is 239 g/mol. The van der Waals surface area contributed by atoms with Crippen LogP contribution in [0.4, 0.5) is 0 Å². The number of H-pyrrole nitrogens is 1. The van der Waals surface area contributed by atoms with E-state index in [2.05, 4.69) is 19.9 Å². The second-order valence-electron chi connectivity index (χ2n) is 4.23. The summed E-state index contributed by atoms with van der Waals surface area (Å²) in [5, 5.41) is 0. The fourth-order valence-corrected chi connectivity index (χ4v) is 1.81. The third-order valence-electron chi connectivity index (χ3n) is 2.78. The summed E-state index contributed by atoms with van der Waals surface area (Å²) in [6, 6.07) is 5.88. The fourth-order valence-electron chi connectivity index (χ4n) is 1.81. The zero-order chi connectivity index (χ0) is 12.5. The Morgan fingerprint density at radius 3 is 2.83 bits per heavy atom. The first-order chi connectivity index (χ1) is 8.76. The van der Waals surface area contributed by atoms with Crippen LogP contribution in [0, 0.1) is 6.92 Å². The summed E-state index contributed by atoms with van der Waals surface area (Å²) in [7, 11) is 0. The van der Waals surface area contributed by atoms with Gasteiger partial charge in [-0.05, 0) is 30.2 Å². The van der Waals surface area contributed by atoms with Gasteiger partial charge >= 0.3 is 0 Å². The molecule has 0 atom stereocenters. The largest absolute Gasteiger partial charge is 0.335 e. The van der Waals surface area contributed by atoms with Crippen molar-refractivity contribution in [2.45, 2.75) is 13.5 Å². The molecule has 0 unspecified atom stereocenters. The molecule has 3 rings (SSSR count). The number of nitrogens with two attached hydrogens (primary N) is 1. The standard InChI is InChI=1S/C13H13N5/c1-8-4-11-12(16-6-8)18-13(17-11)10-3-2-9(5-14)7-15-10/h2-4,6-7H,5,14H2,1H3,(H,16,17,18). The molecule has 0 aliphatic rings. The normalized spacial score (nSPS) is 11.0. The van der Waals surface area contributed by atoms with Crippen LogP contribution in [0.15, 0.2) is 30.6 Å². The highest BCUT2D eigenvalue weighted by Crippen LogP contribution is 2.18. The van der Waals surface area contributed by atoms with E-state index in [1.54, 1.807) is 12.4 Å². The van der Waals surface area contributed by atoms with Crippen LogP contribution < -0.4 is 5.73 Å². The number of hydrogen-bond acceptors (Lipinski definition) is 4. The van der Waals surface area contributed by atoms with E-state index < -0.39 is 0 Å². The first-order valence-corrected chi connectivity index (χ1v) is 5.74. The Morgan fingerprint density at radius 2 is 2.11 bits per heavy atom. The first kappa shape index (κ1) is 10.9. The number of aromatic amines is 1. The third-order valence-corrected chi connectivity index (χ3v) is 2.78. The highest BCUT2D eigenvalue weighted by Gasteiger charge is 2.07. The minimum absolute atomic E-state index is 0.494. The summed E-state index contributed by atoms with van der Waals surface area (Å²) < 4.78 is 0. The molecule has 0 aliphatic heterocycles. The number of fused-ring (bicyclic) bond motifs is 1. The van der Waals surface area contributed by atoms with E-state index in [0.717, 1.165) is 28.2 Å². The molecule has 0 fully saturated rings. The molecule has 0 radical (unpaired) electrons. The predicted molar refractivity (Wildman–Crippen MR) is 69.7 cm³/mol. The molecule has 5 heteroatoms. The number of nitrogens with one attached hydrogen (secondary N) is 1. The van der Waals surface area contributed by atoms with E-state index in [1.807, 2.05) is 25.1 Å². The van der Waals surface area contributed by atoms with E-state index in [1.165, 1.54) is 0 Å². The molecule has 3 N–H and O–H groups in total. The van der Waals surface area contributed by atoms with Gasteiger partial charge in [0.05, 0.1) is 5.52 Å². The molecule has 0 spiro atoms. The number of pyridine rings is 2. The molecule has 0 saturated carbocycles. The molecule has 3 aromatic heterocycles. The maximum absolute atomic E-state index is 5.54. The van der Waals surface area contributed by atoms with E-state index >= 15 is 0 Å².